The Balaban J connectivity index is 3.00. The van der Waals surface area contributed by atoms with Crippen molar-refractivity contribution in [2.45, 2.75) is 51.6 Å². The summed E-state index contributed by atoms with van der Waals surface area (Å²) in [6.07, 6.45) is 2.34. The maximum absolute atomic E-state index is 12.5. The number of aliphatic carboxylic acids is 1. The topological polar surface area (TPSA) is 131 Å². The first kappa shape index (κ1) is 19.4. The van der Waals surface area contributed by atoms with E-state index in [1.165, 1.54) is 10.6 Å². The third-order valence-corrected chi connectivity index (χ3v) is 3.58. The van der Waals surface area contributed by atoms with E-state index < -0.39 is 29.9 Å². The van der Waals surface area contributed by atoms with Crippen molar-refractivity contribution in [3.8, 4) is 0 Å². The molecule has 2 atom stereocenters. The molecule has 0 aliphatic carbocycles. The quantitative estimate of drug-likeness (QED) is 0.597. The van der Waals surface area contributed by atoms with Crippen LogP contribution in [0.3, 0.4) is 0 Å². The number of aromatic nitrogens is 1. The van der Waals surface area contributed by atoms with E-state index in [1.807, 2.05) is 6.92 Å². The van der Waals surface area contributed by atoms with Crippen LogP contribution >= 0.6 is 0 Å². The maximum Gasteiger partial charge on any atom is 0.326 e. The summed E-state index contributed by atoms with van der Waals surface area (Å²) >= 11 is 0. The molecule has 8 heteroatoms. The van der Waals surface area contributed by atoms with Gasteiger partial charge in [0.1, 0.15) is 12.1 Å². The highest BCUT2D eigenvalue weighted by Gasteiger charge is 2.26. The van der Waals surface area contributed by atoms with Crippen LogP contribution in [0.25, 0.3) is 0 Å². The minimum atomic E-state index is -1.25. The molecule has 0 saturated heterocycles. The molecule has 1 aromatic rings. The number of primary amides is 1. The van der Waals surface area contributed by atoms with E-state index in [0.717, 1.165) is 5.56 Å². The SMILES string of the molecule is CCCC(C(=O)NC(CCC(N)=O)C(=O)O)n1cc(C)ccc1=O. The molecule has 0 bridgehead atoms. The number of hydrogen-bond donors (Lipinski definition) is 3. The van der Waals surface area contributed by atoms with Crippen LogP contribution in [0.5, 0.6) is 0 Å². The van der Waals surface area contributed by atoms with Crippen molar-refractivity contribution in [3.63, 3.8) is 0 Å². The molecular weight excluding hydrogens is 314 g/mol. The first-order chi connectivity index (χ1) is 11.3. The Bertz CT molecular complexity index is 668. The molecule has 1 rings (SSSR count). The lowest BCUT2D eigenvalue weighted by atomic mass is 10.1. The van der Waals surface area contributed by atoms with Gasteiger partial charge in [-0.25, -0.2) is 4.79 Å². The molecule has 0 aliphatic heterocycles. The molecule has 0 saturated carbocycles. The highest BCUT2D eigenvalue weighted by Crippen LogP contribution is 2.14. The lowest BCUT2D eigenvalue weighted by Gasteiger charge is -2.22. The smallest absolute Gasteiger partial charge is 0.326 e. The van der Waals surface area contributed by atoms with Crippen LogP contribution in [0, 0.1) is 6.92 Å². The summed E-state index contributed by atoms with van der Waals surface area (Å²) in [4.78, 5) is 46.6. The molecule has 8 nitrogen and oxygen atoms in total. The molecule has 0 spiro atoms. The van der Waals surface area contributed by atoms with Gasteiger partial charge in [0.15, 0.2) is 0 Å². The molecule has 0 fully saturated rings. The van der Waals surface area contributed by atoms with E-state index in [4.69, 9.17) is 5.73 Å². The van der Waals surface area contributed by atoms with Gasteiger partial charge in [0.25, 0.3) is 5.56 Å². The normalized spacial score (nSPS) is 13.1. The third-order valence-electron chi connectivity index (χ3n) is 3.58. The summed E-state index contributed by atoms with van der Waals surface area (Å²) in [5.74, 6) is -2.46. The van der Waals surface area contributed by atoms with Crippen LogP contribution in [0.4, 0.5) is 0 Å². The minimum absolute atomic E-state index is 0.0992. The van der Waals surface area contributed by atoms with Crippen LogP contribution in [-0.2, 0) is 14.4 Å². The zero-order chi connectivity index (χ0) is 18.3. The number of hydrogen-bond acceptors (Lipinski definition) is 4. The number of pyridine rings is 1. The van der Waals surface area contributed by atoms with Crippen molar-refractivity contribution >= 4 is 17.8 Å². The summed E-state index contributed by atoms with van der Waals surface area (Å²) < 4.78 is 1.31. The molecule has 1 aromatic heterocycles. The summed E-state index contributed by atoms with van der Waals surface area (Å²) in [7, 11) is 0. The predicted octanol–water partition coefficient (Wildman–Crippen LogP) is 0.333. The zero-order valence-corrected chi connectivity index (χ0v) is 13.8. The standard InChI is InChI=1S/C16H23N3O5/c1-3-4-12(19-9-10(2)5-8-14(19)21)15(22)18-11(16(23)24)6-7-13(17)20/h5,8-9,11-12H,3-4,6-7H2,1-2H3,(H2,17,20)(H,18,22)(H,23,24). The highest BCUT2D eigenvalue weighted by atomic mass is 16.4. The van der Waals surface area contributed by atoms with Gasteiger partial charge < -0.3 is 20.7 Å². The van der Waals surface area contributed by atoms with Crippen LogP contribution in [0.2, 0.25) is 0 Å². The van der Waals surface area contributed by atoms with Gasteiger partial charge in [0, 0.05) is 18.7 Å². The van der Waals surface area contributed by atoms with Crippen LogP contribution in [-0.4, -0.2) is 33.5 Å². The zero-order valence-electron chi connectivity index (χ0n) is 13.8. The van der Waals surface area contributed by atoms with Gasteiger partial charge in [-0.3, -0.25) is 14.4 Å². The Morgan fingerprint density at radius 3 is 2.50 bits per heavy atom. The second kappa shape index (κ2) is 8.85. The molecule has 1 heterocycles. The Morgan fingerprint density at radius 1 is 1.29 bits per heavy atom. The molecular formula is C16H23N3O5. The van der Waals surface area contributed by atoms with Crippen molar-refractivity contribution in [1.29, 1.82) is 0 Å². The van der Waals surface area contributed by atoms with Gasteiger partial charge in [-0.2, -0.15) is 0 Å². The molecule has 2 amide bonds. The third kappa shape index (κ3) is 5.53. The summed E-state index contributed by atoms with van der Waals surface area (Å²) in [6, 6.07) is 0.974. The molecule has 0 aliphatic rings. The Labute approximate surface area is 139 Å². The molecule has 0 radical (unpaired) electrons. The van der Waals surface area contributed by atoms with Gasteiger partial charge in [0.2, 0.25) is 11.8 Å². The number of carboxylic acid groups (broad SMARTS) is 1. The Hall–Kier alpha value is -2.64. The Morgan fingerprint density at radius 2 is 1.96 bits per heavy atom. The van der Waals surface area contributed by atoms with Crippen LogP contribution < -0.4 is 16.6 Å². The van der Waals surface area contributed by atoms with Crippen molar-refractivity contribution in [2.75, 3.05) is 0 Å². The van der Waals surface area contributed by atoms with Crippen molar-refractivity contribution in [2.24, 2.45) is 5.73 Å². The molecule has 24 heavy (non-hydrogen) atoms. The van der Waals surface area contributed by atoms with Gasteiger partial charge in [-0.15, -0.1) is 0 Å². The Kier molecular flexibility index (Phi) is 7.16. The number of carboxylic acids is 1. The minimum Gasteiger partial charge on any atom is -0.480 e. The second-order valence-electron chi connectivity index (χ2n) is 5.66. The van der Waals surface area contributed by atoms with Gasteiger partial charge >= 0.3 is 5.97 Å². The fourth-order valence-corrected chi connectivity index (χ4v) is 2.34. The number of carbonyl (C=O) groups is 3. The number of nitrogens with one attached hydrogen (secondary N) is 1. The lowest BCUT2D eigenvalue weighted by molar-refractivity contribution is -0.142. The second-order valence-corrected chi connectivity index (χ2v) is 5.66. The lowest BCUT2D eigenvalue weighted by Crippen LogP contribution is -2.46. The first-order valence-corrected chi connectivity index (χ1v) is 7.76. The average molecular weight is 337 g/mol. The van der Waals surface area contributed by atoms with E-state index in [1.54, 1.807) is 19.2 Å². The van der Waals surface area contributed by atoms with Crippen molar-refractivity contribution < 1.29 is 19.5 Å². The van der Waals surface area contributed by atoms with Crippen molar-refractivity contribution in [1.82, 2.24) is 9.88 Å². The summed E-state index contributed by atoms with van der Waals surface area (Å²) in [5, 5.41) is 11.6. The van der Waals surface area contributed by atoms with Crippen molar-refractivity contribution in [3.05, 3.63) is 34.2 Å². The first-order valence-electron chi connectivity index (χ1n) is 7.76. The predicted molar refractivity (Wildman–Crippen MR) is 87.4 cm³/mol. The van der Waals surface area contributed by atoms with Crippen LogP contribution in [0.1, 0.15) is 44.2 Å². The average Bonchev–Trinajstić information content (AvgIpc) is 2.50. The largest absolute Gasteiger partial charge is 0.480 e. The maximum atomic E-state index is 12.5. The van der Waals surface area contributed by atoms with Gasteiger partial charge in [0.05, 0.1) is 0 Å². The van der Waals surface area contributed by atoms with Gasteiger partial charge in [-0.1, -0.05) is 19.4 Å². The molecule has 2 unspecified atom stereocenters. The fraction of sp³-hybridized carbons (Fsp3) is 0.500. The van der Waals surface area contributed by atoms with Gasteiger partial charge in [-0.05, 0) is 25.3 Å². The van der Waals surface area contributed by atoms with Crippen LogP contribution in [0.15, 0.2) is 23.1 Å². The number of carbonyl (C=O) groups excluding carboxylic acids is 2. The number of aryl methyl sites for hydroxylation is 1. The molecule has 4 N–H and O–H groups in total. The van der Waals surface area contributed by atoms with E-state index in [9.17, 15) is 24.3 Å². The summed E-state index contributed by atoms with van der Waals surface area (Å²) in [5.41, 5.74) is 5.49. The fourth-order valence-electron chi connectivity index (χ4n) is 2.34. The number of nitrogens with zero attached hydrogens (tertiary/aromatic N) is 1. The summed E-state index contributed by atoms with van der Waals surface area (Å²) in [6.45, 7) is 3.66. The molecule has 0 aromatic carbocycles. The molecule has 132 valence electrons. The monoisotopic (exact) mass is 337 g/mol. The van der Waals surface area contributed by atoms with E-state index in [0.29, 0.717) is 12.8 Å². The number of amides is 2. The number of rotatable bonds is 9. The van der Waals surface area contributed by atoms with E-state index >= 15 is 0 Å². The van der Waals surface area contributed by atoms with E-state index in [-0.39, 0.29) is 18.4 Å². The number of nitrogens with two attached hydrogens (primary N) is 1. The highest BCUT2D eigenvalue weighted by molar-refractivity contribution is 5.86. The van der Waals surface area contributed by atoms with E-state index in [2.05, 4.69) is 5.32 Å².